The molecule has 0 saturated heterocycles. The molecule has 5 rings (SSSR count). The first-order valence-corrected chi connectivity index (χ1v) is 13.5. The number of hydrogen-bond acceptors (Lipinski definition) is 4. The van der Waals surface area contributed by atoms with Gasteiger partial charge in [-0.25, -0.2) is 13.6 Å². The third kappa shape index (κ3) is 2.93. The molecule has 1 spiro atoms. The van der Waals surface area contributed by atoms with Gasteiger partial charge < -0.3 is 11.5 Å². The quantitative estimate of drug-likeness (QED) is 0.460. The first-order valence-electron chi connectivity index (χ1n) is 11.2. The van der Waals surface area contributed by atoms with E-state index in [1.807, 2.05) is 24.3 Å². The van der Waals surface area contributed by atoms with Crippen LogP contribution in [0.4, 0.5) is 0 Å². The summed E-state index contributed by atoms with van der Waals surface area (Å²) >= 11 is 3.45. The van der Waals surface area contributed by atoms with Crippen molar-refractivity contribution in [2.24, 2.45) is 39.3 Å². The summed E-state index contributed by atoms with van der Waals surface area (Å²) in [4.78, 5) is 27.0. The van der Waals surface area contributed by atoms with Crippen molar-refractivity contribution >= 4 is 37.8 Å². The van der Waals surface area contributed by atoms with E-state index in [-0.39, 0.29) is 22.1 Å². The monoisotopic (exact) mass is 543 g/mol. The molecule has 7 nitrogen and oxygen atoms in total. The number of benzene rings is 2. The summed E-state index contributed by atoms with van der Waals surface area (Å²) in [5.74, 6) is -1.47. The maximum Gasteiger partial charge on any atom is 0.238 e. The third-order valence-corrected chi connectivity index (χ3v) is 9.91. The second-order valence-electron chi connectivity index (χ2n) is 9.78. The van der Waals surface area contributed by atoms with Gasteiger partial charge in [-0.15, -0.1) is 0 Å². The number of halogens is 1. The van der Waals surface area contributed by atoms with Crippen LogP contribution in [-0.2, 0) is 31.4 Å². The van der Waals surface area contributed by atoms with Crippen LogP contribution in [0, 0.1) is 22.7 Å². The molecule has 178 valence electrons. The summed E-state index contributed by atoms with van der Waals surface area (Å²) in [7, 11) is -3.81. The van der Waals surface area contributed by atoms with Gasteiger partial charge in [0.25, 0.3) is 0 Å². The van der Waals surface area contributed by atoms with Crippen LogP contribution in [-0.4, -0.2) is 20.2 Å². The molecule has 6 N–H and O–H groups in total. The first kappa shape index (κ1) is 23.3. The Morgan fingerprint density at radius 3 is 2.00 bits per heavy atom. The van der Waals surface area contributed by atoms with Crippen LogP contribution < -0.4 is 16.6 Å². The lowest BCUT2D eigenvalue weighted by molar-refractivity contribution is -0.143. The van der Waals surface area contributed by atoms with E-state index in [9.17, 15) is 18.0 Å². The molecule has 2 aromatic rings. The molecule has 0 radical (unpaired) electrons. The van der Waals surface area contributed by atoms with Crippen LogP contribution in [0.5, 0.6) is 0 Å². The number of aryl methyl sites for hydroxylation is 1. The Hall–Kier alpha value is -2.49. The zero-order valence-electron chi connectivity index (χ0n) is 18.4. The minimum atomic E-state index is -3.81. The van der Waals surface area contributed by atoms with Gasteiger partial charge in [0.2, 0.25) is 21.8 Å². The average Bonchev–Trinajstić information content (AvgIpc) is 3.45. The molecule has 0 aromatic heterocycles. The van der Waals surface area contributed by atoms with Gasteiger partial charge >= 0.3 is 0 Å². The van der Waals surface area contributed by atoms with Crippen molar-refractivity contribution in [3.63, 3.8) is 0 Å². The molecule has 34 heavy (non-hydrogen) atoms. The van der Waals surface area contributed by atoms with Crippen LogP contribution in [0.15, 0.2) is 70.1 Å². The maximum atomic E-state index is 13.5. The summed E-state index contributed by atoms with van der Waals surface area (Å²) in [6.07, 6.45) is 6.69. The summed E-state index contributed by atoms with van der Waals surface area (Å²) < 4.78 is 24.1. The van der Waals surface area contributed by atoms with Gasteiger partial charge in [0.15, 0.2) is 0 Å². The molecule has 2 bridgehead atoms. The van der Waals surface area contributed by atoms with Gasteiger partial charge in [0.1, 0.15) is 0 Å². The lowest BCUT2D eigenvalue weighted by Crippen LogP contribution is -2.62. The highest BCUT2D eigenvalue weighted by Gasteiger charge is 2.82. The van der Waals surface area contributed by atoms with E-state index in [1.165, 1.54) is 12.1 Å². The summed E-state index contributed by atoms with van der Waals surface area (Å²) in [5, 5.41) is 5.21. The number of hydrogen-bond donors (Lipinski definition) is 3. The topological polar surface area (TPSA) is 146 Å². The van der Waals surface area contributed by atoms with Crippen LogP contribution >= 0.6 is 15.9 Å². The molecule has 2 amide bonds. The highest BCUT2D eigenvalue weighted by atomic mass is 79.9. The number of nitrogens with two attached hydrogens (primary N) is 3. The van der Waals surface area contributed by atoms with Crippen molar-refractivity contribution in [2.45, 2.75) is 36.0 Å². The second kappa shape index (κ2) is 7.50. The number of rotatable bonds is 7. The van der Waals surface area contributed by atoms with E-state index in [4.69, 9.17) is 16.6 Å². The molecular formula is C25H26BrN3O4S. The molecule has 0 unspecified atom stereocenters. The van der Waals surface area contributed by atoms with E-state index in [2.05, 4.69) is 28.1 Å². The second-order valence-corrected chi connectivity index (χ2v) is 12.3. The Morgan fingerprint density at radius 2 is 1.50 bits per heavy atom. The maximum absolute atomic E-state index is 13.5. The number of primary amides is 2. The molecule has 3 aliphatic rings. The minimum absolute atomic E-state index is 0.0157. The van der Waals surface area contributed by atoms with Gasteiger partial charge in [-0.05, 0) is 72.4 Å². The Balaban J connectivity index is 1.64. The van der Waals surface area contributed by atoms with Crippen molar-refractivity contribution in [1.29, 1.82) is 0 Å². The summed E-state index contributed by atoms with van der Waals surface area (Å²) in [5.41, 5.74) is 11.3. The van der Waals surface area contributed by atoms with E-state index >= 15 is 0 Å². The molecular weight excluding hydrogens is 518 g/mol. The lowest BCUT2D eigenvalue weighted by atomic mass is 9.52. The fourth-order valence-electron chi connectivity index (χ4n) is 6.99. The van der Waals surface area contributed by atoms with Crippen molar-refractivity contribution in [3.05, 3.63) is 76.3 Å². The fraction of sp³-hybridized carbons (Fsp3) is 0.360. The zero-order valence-corrected chi connectivity index (χ0v) is 20.8. The van der Waals surface area contributed by atoms with Crippen LogP contribution in [0.2, 0.25) is 0 Å². The molecule has 4 atom stereocenters. The smallest absolute Gasteiger partial charge is 0.238 e. The van der Waals surface area contributed by atoms with Gasteiger partial charge in [-0.2, -0.15) is 0 Å². The normalized spacial score (nSPS) is 30.5. The Morgan fingerprint density at radius 1 is 0.912 bits per heavy atom. The SMILES string of the molecule is NC(=O)[C@]1(CCc2ccc(S(N)(=O)=O)cc2)[C@@H]2C=C[C@@H](C23CC3)[C@@]1(C(N)=O)c1ccc(Br)cc1. The Kier molecular flexibility index (Phi) is 5.13. The molecule has 2 saturated carbocycles. The van der Waals surface area contributed by atoms with Crippen LogP contribution in [0.25, 0.3) is 0 Å². The van der Waals surface area contributed by atoms with Gasteiger partial charge in [0.05, 0.1) is 15.7 Å². The highest BCUT2D eigenvalue weighted by molar-refractivity contribution is 9.10. The summed E-state index contributed by atoms with van der Waals surface area (Å²) in [6, 6.07) is 13.7. The van der Waals surface area contributed by atoms with Gasteiger partial charge in [-0.1, -0.05) is 52.3 Å². The Bertz CT molecular complexity index is 1320. The fourth-order valence-corrected chi connectivity index (χ4v) is 7.77. The number of sulfonamides is 1. The molecule has 9 heteroatoms. The Labute approximate surface area is 206 Å². The first-order chi connectivity index (χ1) is 16.0. The average molecular weight is 544 g/mol. The molecule has 2 aromatic carbocycles. The predicted molar refractivity (Wildman–Crippen MR) is 131 cm³/mol. The number of carbonyl (C=O) groups excluding carboxylic acids is 2. The highest BCUT2D eigenvalue weighted by Crippen LogP contribution is 2.80. The zero-order chi connectivity index (χ0) is 24.5. The third-order valence-electron chi connectivity index (χ3n) is 8.45. The minimum Gasteiger partial charge on any atom is -0.369 e. The lowest BCUT2D eigenvalue weighted by Gasteiger charge is -2.48. The number of carbonyl (C=O) groups is 2. The number of amides is 2. The molecule has 3 aliphatic carbocycles. The summed E-state index contributed by atoms with van der Waals surface area (Å²) in [6.45, 7) is 0. The van der Waals surface area contributed by atoms with E-state index in [1.54, 1.807) is 12.1 Å². The predicted octanol–water partition coefficient (Wildman–Crippen LogP) is 2.52. The van der Waals surface area contributed by atoms with Crippen molar-refractivity contribution < 1.29 is 18.0 Å². The van der Waals surface area contributed by atoms with Crippen molar-refractivity contribution in [1.82, 2.24) is 0 Å². The van der Waals surface area contributed by atoms with Crippen LogP contribution in [0.1, 0.15) is 30.4 Å². The van der Waals surface area contributed by atoms with Crippen molar-refractivity contribution in [2.75, 3.05) is 0 Å². The molecule has 2 fully saturated rings. The van der Waals surface area contributed by atoms with E-state index in [0.29, 0.717) is 18.4 Å². The van der Waals surface area contributed by atoms with Crippen molar-refractivity contribution in [3.8, 4) is 0 Å². The van der Waals surface area contributed by atoms with E-state index in [0.717, 1.165) is 22.9 Å². The standard InChI is InChI=1S/C25H26BrN3O4S/c26-17-5-3-16(4-6-17)25(22(28)31)20-10-9-19(23(20)13-14-23)24(25,21(27)30)12-11-15-1-7-18(8-2-15)34(29,32)33/h1-10,19-20H,11-14H2,(H2,27,30)(H2,28,31)(H2,29,32,33)/t19-,20+,24+,25-/m1/s1. The number of primary sulfonamides is 1. The van der Waals surface area contributed by atoms with Gasteiger partial charge in [0, 0.05) is 10.4 Å². The van der Waals surface area contributed by atoms with E-state index < -0.39 is 32.7 Å². The molecule has 0 heterocycles. The molecule has 0 aliphatic heterocycles. The van der Waals surface area contributed by atoms with Crippen LogP contribution in [0.3, 0.4) is 0 Å². The number of allylic oxidation sites excluding steroid dienone is 2. The van der Waals surface area contributed by atoms with Gasteiger partial charge in [-0.3, -0.25) is 9.59 Å². The largest absolute Gasteiger partial charge is 0.369 e.